The monoisotopic (exact) mass is 1010 g/mol. The Morgan fingerprint density at radius 1 is 0.389 bits per heavy atom. The molecule has 0 aliphatic heterocycles. The summed E-state index contributed by atoms with van der Waals surface area (Å²) in [5, 5.41) is 23.0. The highest BCUT2D eigenvalue weighted by Gasteiger charge is 2.18. The van der Waals surface area contributed by atoms with Crippen molar-refractivity contribution in [3.05, 3.63) is 48.6 Å². The number of amides is 1. The van der Waals surface area contributed by atoms with E-state index in [0.29, 0.717) is 19.4 Å². The van der Waals surface area contributed by atoms with Crippen LogP contribution < -0.4 is 5.32 Å². The molecule has 6 heteroatoms. The maximum absolute atomic E-state index is 12.4. The summed E-state index contributed by atoms with van der Waals surface area (Å²) in [6.07, 6.45) is 78.8. The summed E-state index contributed by atoms with van der Waals surface area (Å²) in [5.74, 6) is -0.0674. The molecule has 0 aliphatic carbocycles. The van der Waals surface area contributed by atoms with Crippen LogP contribution in [-0.2, 0) is 14.3 Å². The maximum Gasteiger partial charge on any atom is 0.305 e. The van der Waals surface area contributed by atoms with Crippen LogP contribution in [0, 0.1) is 0 Å². The van der Waals surface area contributed by atoms with Crippen LogP contribution in [0.3, 0.4) is 0 Å². The summed E-state index contributed by atoms with van der Waals surface area (Å²) >= 11 is 0. The van der Waals surface area contributed by atoms with Crippen molar-refractivity contribution in [2.24, 2.45) is 0 Å². The van der Waals surface area contributed by atoms with Crippen LogP contribution in [-0.4, -0.2) is 47.4 Å². The number of aliphatic hydroxyl groups excluding tert-OH is 2. The fourth-order valence-corrected chi connectivity index (χ4v) is 9.66. The van der Waals surface area contributed by atoms with Gasteiger partial charge in [0.05, 0.1) is 25.4 Å². The summed E-state index contributed by atoms with van der Waals surface area (Å²) in [6, 6.07) is -0.627. The van der Waals surface area contributed by atoms with Gasteiger partial charge in [0.1, 0.15) is 0 Å². The van der Waals surface area contributed by atoms with E-state index in [1.165, 1.54) is 257 Å². The van der Waals surface area contributed by atoms with Gasteiger partial charge in [0.2, 0.25) is 5.91 Å². The van der Waals surface area contributed by atoms with Crippen LogP contribution >= 0.6 is 0 Å². The second kappa shape index (κ2) is 61.4. The fraction of sp³-hybridized carbons (Fsp3) is 0.848. The van der Waals surface area contributed by atoms with E-state index in [0.717, 1.165) is 51.4 Å². The van der Waals surface area contributed by atoms with Crippen LogP contribution in [0.25, 0.3) is 0 Å². The minimum absolute atomic E-state index is 0.00165. The third-order valence-electron chi connectivity index (χ3n) is 14.6. The van der Waals surface area contributed by atoms with E-state index in [1.54, 1.807) is 6.08 Å². The predicted octanol–water partition coefficient (Wildman–Crippen LogP) is 20.1. The molecule has 0 spiro atoms. The standard InChI is InChI=1S/C66H123NO5/c1-3-5-7-9-11-13-15-16-17-33-36-40-44-48-52-56-60-66(71)72-61-57-53-49-45-41-37-34-31-29-27-25-23-21-19-18-20-22-24-26-28-30-32-35-39-43-47-51-55-59-65(70)67-63(62-68)64(69)58-54-50-46-42-38-14-12-10-8-6-4-2/h13,15,17-19,33,54,58,63-64,68-69H,3-12,14,16,20-32,34-53,55-57,59-62H2,1-2H3,(H,67,70)/b15-13-,19-18-,33-17-,58-54+. The second-order valence-corrected chi connectivity index (χ2v) is 21.7. The highest BCUT2D eigenvalue weighted by atomic mass is 16.5. The topological polar surface area (TPSA) is 95.9 Å². The first-order valence-corrected chi connectivity index (χ1v) is 31.9. The van der Waals surface area contributed by atoms with Crippen LogP contribution in [0.15, 0.2) is 48.6 Å². The van der Waals surface area contributed by atoms with Gasteiger partial charge in [-0.25, -0.2) is 0 Å². The Morgan fingerprint density at radius 2 is 0.694 bits per heavy atom. The largest absolute Gasteiger partial charge is 0.466 e. The van der Waals surface area contributed by atoms with Gasteiger partial charge in [0.15, 0.2) is 0 Å². The van der Waals surface area contributed by atoms with Crippen LogP contribution in [0.4, 0.5) is 0 Å². The molecule has 0 aliphatic rings. The van der Waals surface area contributed by atoms with Gasteiger partial charge >= 0.3 is 5.97 Å². The first kappa shape index (κ1) is 69.8. The maximum atomic E-state index is 12.4. The van der Waals surface area contributed by atoms with Crippen molar-refractivity contribution >= 4 is 11.9 Å². The van der Waals surface area contributed by atoms with E-state index in [-0.39, 0.29) is 18.5 Å². The van der Waals surface area contributed by atoms with Crippen molar-refractivity contribution in [2.45, 2.75) is 347 Å². The van der Waals surface area contributed by atoms with E-state index in [4.69, 9.17) is 4.74 Å². The number of rotatable bonds is 59. The third-order valence-corrected chi connectivity index (χ3v) is 14.6. The minimum Gasteiger partial charge on any atom is -0.466 e. The summed E-state index contributed by atoms with van der Waals surface area (Å²) < 4.78 is 5.48. The number of ether oxygens (including phenoxy) is 1. The summed E-state index contributed by atoms with van der Waals surface area (Å²) in [4.78, 5) is 24.5. The minimum atomic E-state index is -0.843. The smallest absolute Gasteiger partial charge is 0.305 e. The Bertz CT molecular complexity index is 1210. The quantitative estimate of drug-likeness (QED) is 0.0320. The SMILES string of the molecule is CCCCCC/C=C\C/C=C\CCCCCCCC(=O)OCCCCCCCCCCCCCC/C=C\CCCCCCCCCCCCCCC(=O)NC(CO)C(O)/C=C/CCCCCCCCCCC. The molecule has 3 N–H and O–H groups in total. The Labute approximate surface area is 448 Å². The van der Waals surface area contributed by atoms with E-state index >= 15 is 0 Å². The zero-order valence-electron chi connectivity index (χ0n) is 48.2. The zero-order chi connectivity index (χ0) is 52.2. The van der Waals surface area contributed by atoms with Crippen molar-refractivity contribution in [2.75, 3.05) is 13.2 Å². The summed E-state index contributed by atoms with van der Waals surface area (Å²) in [5.41, 5.74) is 0. The Morgan fingerprint density at radius 3 is 1.08 bits per heavy atom. The number of hydrogen-bond acceptors (Lipinski definition) is 5. The molecule has 0 heterocycles. The van der Waals surface area contributed by atoms with Crippen molar-refractivity contribution < 1.29 is 24.5 Å². The highest BCUT2D eigenvalue weighted by Crippen LogP contribution is 2.17. The van der Waals surface area contributed by atoms with Crippen molar-refractivity contribution in [1.29, 1.82) is 0 Å². The van der Waals surface area contributed by atoms with E-state index in [9.17, 15) is 19.8 Å². The molecular formula is C66H123NO5. The molecule has 0 aromatic rings. The Hall–Kier alpha value is -2.18. The molecule has 2 unspecified atom stereocenters. The van der Waals surface area contributed by atoms with Crippen molar-refractivity contribution in [3.63, 3.8) is 0 Å². The molecule has 0 rings (SSSR count). The molecule has 2 atom stereocenters. The molecule has 0 fully saturated rings. The lowest BCUT2D eigenvalue weighted by atomic mass is 10.0. The normalized spacial score (nSPS) is 12.9. The molecule has 0 bridgehead atoms. The molecule has 0 aromatic heterocycles. The number of nitrogens with one attached hydrogen (secondary N) is 1. The average molecular weight is 1010 g/mol. The summed E-state index contributed by atoms with van der Waals surface area (Å²) in [6.45, 7) is 4.88. The number of allylic oxidation sites excluding steroid dienone is 7. The predicted molar refractivity (Wildman–Crippen MR) is 315 cm³/mol. The first-order valence-electron chi connectivity index (χ1n) is 31.9. The number of carbonyl (C=O) groups excluding carboxylic acids is 2. The lowest BCUT2D eigenvalue weighted by molar-refractivity contribution is -0.143. The number of aliphatic hydroxyl groups is 2. The van der Waals surface area contributed by atoms with Crippen LogP contribution in [0.2, 0.25) is 0 Å². The highest BCUT2D eigenvalue weighted by molar-refractivity contribution is 5.76. The van der Waals surface area contributed by atoms with Crippen molar-refractivity contribution in [1.82, 2.24) is 5.32 Å². The van der Waals surface area contributed by atoms with Gasteiger partial charge in [0, 0.05) is 12.8 Å². The fourth-order valence-electron chi connectivity index (χ4n) is 9.66. The third kappa shape index (κ3) is 57.1. The molecular weight excluding hydrogens is 887 g/mol. The lowest BCUT2D eigenvalue weighted by Gasteiger charge is -2.20. The van der Waals surface area contributed by atoms with Crippen LogP contribution in [0.1, 0.15) is 335 Å². The molecule has 0 saturated heterocycles. The number of carbonyl (C=O) groups is 2. The van der Waals surface area contributed by atoms with Crippen LogP contribution in [0.5, 0.6) is 0 Å². The van der Waals surface area contributed by atoms with E-state index in [2.05, 4.69) is 55.6 Å². The number of unbranched alkanes of at least 4 members (excludes halogenated alkanes) is 42. The molecule has 6 nitrogen and oxygen atoms in total. The van der Waals surface area contributed by atoms with Gasteiger partial charge in [-0.05, 0) is 89.9 Å². The number of esters is 1. The van der Waals surface area contributed by atoms with Gasteiger partial charge < -0.3 is 20.3 Å². The molecule has 0 radical (unpaired) electrons. The molecule has 0 saturated carbocycles. The molecule has 1 amide bonds. The molecule has 72 heavy (non-hydrogen) atoms. The second-order valence-electron chi connectivity index (χ2n) is 21.7. The Balaban J connectivity index is 3.38. The molecule has 0 aromatic carbocycles. The summed E-state index contributed by atoms with van der Waals surface area (Å²) in [7, 11) is 0. The van der Waals surface area contributed by atoms with Gasteiger partial charge in [0.25, 0.3) is 0 Å². The Kier molecular flexibility index (Phi) is 59.5. The first-order chi connectivity index (χ1) is 35.5. The van der Waals surface area contributed by atoms with E-state index in [1.807, 2.05) is 6.08 Å². The zero-order valence-corrected chi connectivity index (χ0v) is 48.2. The van der Waals surface area contributed by atoms with Gasteiger partial charge in [-0.15, -0.1) is 0 Å². The van der Waals surface area contributed by atoms with E-state index < -0.39 is 12.1 Å². The van der Waals surface area contributed by atoms with Gasteiger partial charge in [-0.1, -0.05) is 281 Å². The van der Waals surface area contributed by atoms with Gasteiger partial charge in [-0.3, -0.25) is 9.59 Å². The molecule has 422 valence electrons. The lowest BCUT2D eigenvalue weighted by Crippen LogP contribution is -2.45. The van der Waals surface area contributed by atoms with Gasteiger partial charge in [-0.2, -0.15) is 0 Å². The average Bonchev–Trinajstić information content (AvgIpc) is 3.38. The number of hydrogen-bond donors (Lipinski definition) is 3. The van der Waals surface area contributed by atoms with Crippen molar-refractivity contribution in [3.8, 4) is 0 Å².